The fraction of sp³-hybridized carbons (Fsp3) is 0.0526. The van der Waals surface area contributed by atoms with Crippen molar-refractivity contribution in [2.24, 2.45) is 0 Å². The summed E-state index contributed by atoms with van der Waals surface area (Å²) in [6.45, 7) is 0. The van der Waals surface area contributed by atoms with Crippen molar-refractivity contribution in [3.8, 4) is 16.8 Å². The van der Waals surface area contributed by atoms with Gasteiger partial charge in [0, 0.05) is 42.6 Å². The lowest BCUT2D eigenvalue weighted by Crippen LogP contribution is -2.04. The molecule has 0 amide bonds. The number of fused-ring (bicyclic) bond motifs is 11. The Hall–Kier alpha value is -7.00. The van der Waals surface area contributed by atoms with Crippen molar-refractivity contribution >= 4 is 85.6 Å². The Morgan fingerprint density at radius 2 is 1.00 bits per heavy atom. The number of para-hydroxylation sites is 1. The Balaban J connectivity index is 0.969. The molecule has 278 valence electrons. The molecule has 12 rings (SSSR count). The summed E-state index contributed by atoms with van der Waals surface area (Å²) in [6.07, 6.45) is 1.94. The second-order valence-corrected chi connectivity index (χ2v) is 17.1. The summed E-state index contributed by atoms with van der Waals surface area (Å²) in [7, 11) is 0. The lowest BCUT2D eigenvalue weighted by molar-refractivity contribution is 0.716. The number of thiophene rings is 1. The highest BCUT2D eigenvalue weighted by molar-refractivity contribution is 7.25. The van der Waals surface area contributed by atoms with Crippen LogP contribution in [-0.4, -0.2) is 4.57 Å². The first-order valence-corrected chi connectivity index (χ1v) is 21.5. The molecule has 0 fully saturated rings. The van der Waals surface area contributed by atoms with Crippen molar-refractivity contribution in [3.63, 3.8) is 0 Å². The van der Waals surface area contributed by atoms with E-state index in [1.807, 2.05) is 11.3 Å². The predicted molar refractivity (Wildman–Crippen MR) is 255 cm³/mol. The minimum absolute atomic E-state index is 0.218. The highest BCUT2D eigenvalue weighted by Gasteiger charge is 2.19. The van der Waals surface area contributed by atoms with E-state index in [1.165, 1.54) is 108 Å². The van der Waals surface area contributed by atoms with Crippen LogP contribution in [-0.2, 0) is 6.42 Å². The van der Waals surface area contributed by atoms with Crippen LogP contribution in [0.4, 0.5) is 0 Å². The number of hydrogen-bond acceptors (Lipinski definition) is 1. The van der Waals surface area contributed by atoms with Crippen molar-refractivity contribution in [2.75, 3.05) is 0 Å². The van der Waals surface area contributed by atoms with Crippen LogP contribution in [0.2, 0.25) is 0 Å². The van der Waals surface area contributed by atoms with Gasteiger partial charge in [-0.2, -0.15) is 0 Å². The largest absolute Gasteiger partial charge is 0.309 e. The van der Waals surface area contributed by atoms with Crippen LogP contribution in [0.5, 0.6) is 0 Å². The molecule has 0 radical (unpaired) electrons. The molecule has 0 N–H and O–H groups in total. The van der Waals surface area contributed by atoms with Crippen molar-refractivity contribution in [3.05, 3.63) is 223 Å². The van der Waals surface area contributed by atoms with Crippen LogP contribution < -0.4 is 0 Å². The summed E-state index contributed by atoms with van der Waals surface area (Å²) in [6, 6.07) is 77.0. The van der Waals surface area contributed by atoms with Gasteiger partial charge in [-0.15, -0.1) is 11.3 Å². The summed E-state index contributed by atoms with van der Waals surface area (Å²) in [5, 5.41) is 13.0. The first-order valence-electron chi connectivity index (χ1n) is 20.7. The standard InChI is InChI=1S/C57H39NS/c1-2-10-38(11-3-1)39-20-22-41(23-21-39)45(43-25-24-42-27-31-47-46-13-5-4-12-40(46)26-32-48(47)52(42)35-43)29-18-37-19-30-50-49-14-6-8-16-54(49)58(55(50)34-37)44-28-33-57-53(36-44)51-15-7-9-17-56(51)59-57/h1-17,19-28,30-36,45H,18,29H2. The minimum Gasteiger partial charge on any atom is -0.309 e. The van der Waals surface area contributed by atoms with Gasteiger partial charge in [0.2, 0.25) is 0 Å². The van der Waals surface area contributed by atoms with E-state index in [4.69, 9.17) is 0 Å². The number of benzene rings is 10. The number of aromatic nitrogens is 1. The first kappa shape index (κ1) is 34.1. The summed E-state index contributed by atoms with van der Waals surface area (Å²) in [5.74, 6) is 0.218. The molecular formula is C57H39NS. The van der Waals surface area contributed by atoms with E-state index in [0.717, 1.165) is 12.8 Å². The zero-order valence-corrected chi connectivity index (χ0v) is 33.3. The van der Waals surface area contributed by atoms with Crippen LogP contribution >= 0.6 is 11.3 Å². The maximum Gasteiger partial charge on any atom is 0.0543 e. The molecule has 1 nitrogen and oxygen atoms in total. The highest BCUT2D eigenvalue weighted by Crippen LogP contribution is 2.40. The van der Waals surface area contributed by atoms with Crippen molar-refractivity contribution < 1.29 is 0 Å². The monoisotopic (exact) mass is 769 g/mol. The van der Waals surface area contributed by atoms with Crippen LogP contribution in [0.1, 0.15) is 29.0 Å². The lowest BCUT2D eigenvalue weighted by atomic mass is 9.84. The van der Waals surface area contributed by atoms with Gasteiger partial charge in [0.05, 0.1) is 11.0 Å². The fourth-order valence-corrected chi connectivity index (χ4v) is 10.8. The minimum atomic E-state index is 0.218. The molecule has 0 saturated carbocycles. The molecule has 59 heavy (non-hydrogen) atoms. The van der Waals surface area contributed by atoms with Gasteiger partial charge >= 0.3 is 0 Å². The van der Waals surface area contributed by atoms with Crippen LogP contribution in [0.25, 0.3) is 91.1 Å². The zero-order chi connectivity index (χ0) is 38.9. The highest BCUT2D eigenvalue weighted by atomic mass is 32.1. The van der Waals surface area contributed by atoms with Gasteiger partial charge in [-0.3, -0.25) is 0 Å². The van der Waals surface area contributed by atoms with Gasteiger partial charge in [-0.05, 0) is 115 Å². The molecule has 2 heteroatoms. The van der Waals surface area contributed by atoms with Crippen LogP contribution in [0.3, 0.4) is 0 Å². The second kappa shape index (κ2) is 13.8. The summed E-state index contributed by atoms with van der Waals surface area (Å²) in [4.78, 5) is 0. The third kappa shape index (κ3) is 5.74. The SMILES string of the molecule is c1ccc(-c2ccc(C(CCc3ccc4c5ccccc5n(-c5ccc6sc7ccccc7c6c5)c4c3)c3ccc4ccc5c6ccccc6ccc5c4c3)cc2)cc1. The maximum absolute atomic E-state index is 2.48. The molecule has 0 aliphatic carbocycles. The Morgan fingerprint density at radius 3 is 1.86 bits per heavy atom. The third-order valence-electron chi connectivity index (χ3n) is 12.7. The van der Waals surface area contributed by atoms with Gasteiger partial charge in [0.15, 0.2) is 0 Å². The average Bonchev–Trinajstić information content (AvgIpc) is 3.84. The van der Waals surface area contributed by atoms with Gasteiger partial charge in [-0.25, -0.2) is 0 Å². The van der Waals surface area contributed by atoms with E-state index in [1.54, 1.807) is 0 Å². The first-order chi connectivity index (χ1) is 29.2. The van der Waals surface area contributed by atoms with Gasteiger partial charge in [0.1, 0.15) is 0 Å². The molecule has 10 aromatic carbocycles. The second-order valence-electron chi connectivity index (χ2n) is 16.0. The van der Waals surface area contributed by atoms with Gasteiger partial charge in [0.25, 0.3) is 0 Å². The number of rotatable bonds is 7. The zero-order valence-electron chi connectivity index (χ0n) is 32.5. The van der Waals surface area contributed by atoms with E-state index in [0.29, 0.717) is 0 Å². The number of nitrogens with zero attached hydrogens (tertiary/aromatic N) is 1. The topological polar surface area (TPSA) is 4.93 Å². The average molecular weight is 770 g/mol. The van der Waals surface area contributed by atoms with E-state index in [2.05, 4.69) is 211 Å². The lowest BCUT2D eigenvalue weighted by Gasteiger charge is -2.20. The van der Waals surface area contributed by atoms with E-state index in [9.17, 15) is 0 Å². The van der Waals surface area contributed by atoms with E-state index in [-0.39, 0.29) is 5.92 Å². The molecule has 1 atom stereocenters. The van der Waals surface area contributed by atoms with Gasteiger partial charge < -0.3 is 4.57 Å². The molecule has 2 heterocycles. The quantitative estimate of drug-likeness (QED) is 0.142. The molecule has 0 aliphatic rings. The molecule has 0 bridgehead atoms. The molecule has 0 aliphatic heterocycles. The summed E-state index contributed by atoms with van der Waals surface area (Å²) in [5.41, 5.74) is 10.3. The molecule has 12 aromatic rings. The Morgan fingerprint density at radius 1 is 0.373 bits per heavy atom. The normalized spacial score (nSPS) is 12.5. The van der Waals surface area contributed by atoms with Crippen molar-refractivity contribution in [2.45, 2.75) is 18.8 Å². The smallest absolute Gasteiger partial charge is 0.0543 e. The van der Waals surface area contributed by atoms with Gasteiger partial charge in [-0.1, -0.05) is 164 Å². The van der Waals surface area contributed by atoms with Crippen molar-refractivity contribution in [1.29, 1.82) is 0 Å². The molecule has 2 aromatic heterocycles. The molecule has 0 saturated heterocycles. The van der Waals surface area contributed by atoms with Crippen LogP contribution in [0.15, 0.2) is 206 Å². The Labute approximate surface area is 347 Å². The molecule has 0 spiro atoms. The maximum atomic E-state index is 2.48. The third-order valence-corrected chi connectivity index (χ3v) is 13.8. The Bertz CT molecular complexity index is 3550. The van der Waals surface area contributed by atoms with Crippen LogP contribution in [0, 0.1) is 0 Å². The summed E-state index contributed by atoms with van der Waals surface area (Å²) < 4.78 is 5.15. The summed E-state index contributed by atoms with van der Waals surface area (Å²) >= 11 is 1.87. The van der Waals surface area contributed by atoms with E-state index < -0.39 is 0 Å². The number of aryl methyl sites for hydroxylation is 1. The van der Waals surface area contributed by atoms with Crippen molar-refractivity contribution in [1.82, 2.24) is 4.57 Å². The predicted octanol–water partition coefficient (Wildman–Crippen LogP) is 16.0. The molecule has 1 unspecified atom stereocenters. The molecular weight excluding hydrogens is 731 g/mol. The number of hydrogen-bond donors (Lipinski definition) is 0. The fourth-order valence-electron chi connectivity index (χ4n) is 9.73. The Kier molecular flexibility index (Phi) is 7.99. The van der Waals surface area contributed by atoms with E-state index >= 15 is 0 Å².